The summed E-state index contributed by atoms with van der Waals surface area (Å²) in [7, 11) is 0. The van der Waals surface area contributed by atoms with E-state index < -0.39 is 0 Å². The fraction of sp³-hybridized carbons (Fsp3) is 0.0714. The summed E-state index contributed by atoms with van der Waals surface area (Å²) < 4.78 is 0. The van der Waals surface area contributed by atoms with Crippen LogP contribution < -0.4 is 5.73 Å². The van der Waals surface area contributed by atoms with Gasteiger partial charge in [-0.1, -0.05) is 24.8 Å². The number of nitrogens with one attached hydrogen (secondary N) is 1. The quantitative estimate of drug-likeness (QED) is 0.789. The van der Waals surface area contributed by atoms with E-state index in [2.05, 4.69) is 16.5 Å². The fourth-order valence-electron chi connectivity index (χ4n) is 1.71. The first-order valence-corrected chi connectivity index (χ1v) is 5.42. The van der Waals surface area contributed by atoms with E-state index in [0.717, 1.165) is 27.9 Å². The number of hydrogen-bond donors (Lipinski definition) is 2. The number of fused-ring (bicyclic) bond motifs is 1. The Hall–Kier alpha value is -2.29. The van der Waals surface area contributed by atoms with E-state index >= 15 is 0 Å². The predicted octanol–water partition coefficient (Wildman–Crippen LogP) is 2.99. The van der Waals surface area contributed by atoms with Crippen LogP contribution >= 0.6 is 0 Å². The molecule has 0 amide bonds. The maximum absolute atomic E-state index is 6.16. The minimum absolute atomic E-state index is 0.759. The number of allylic oxidation sites excluding steroid dienone is 4. The number of nitrogens with zero attached hydrogens (tertiary/aromatic N) is 1. The van der Waals surface area contributed by atoms with Gasteiger partial charge in [0.2, 0.25) is 0 Å². The Morgan fingerprint density at radius 1 is 1.47 bits per heavy atom. The molecular weight excluding hydrogens is 210 g/mol. The molecule has 0 radical (unpaired) electrons. The van der Waals surface area contributed by atoms with Crippen LogP contribution in [-0.2, 0) is 0 Å². The second-order valence-electron chi connectivity index (χ2n) is 3.79. The third-order valence-corrected chi connectivity index (χ3v) is 2.66. The normalized spacial score (nSPS) is 13.0. The van der Waals surface area contributed by atoms with Crippen LogP contribution in [-0.4, -0.2) is 9.97 Å². The molecular formula is C14H15N3. The van der Waals surface area contributed by atoms with Gasteiger partial charge in [-0.25, -0.2) is 4.98 Å². The number of aromatic nitrogens is 2. The summed E-state index contributed by atoms with van der Waals surface area (Å²) in [6.45, 7) is 5.62. The summed E-state index contributed by atoms with van der Waals surface area (Å²) in [4.78, 5) is 7.31. The van der Waals surface area contributed by atoms with Gasteiger partial charge in [-0.05, 0) is 24.6 Å². The van der Waals surface area contributed by atoms with Gasteiger partial charge < -0.3 is 10.7 Å². The lowest BCUT2D eigenvalue weighted by molar-refractivity contribution is 1.31. The Labute approximate surface area is 100 Å². The molecule has 3 nitrogen and oxygen atoms in total. The zero-order valence-electron chi connectivity index (χ0n) is 9.77. The number of nitrogens with two attached hydrogens (primary N) is 1. The van der Waals surface area contributed by atoms with E-state index in [9.17, 15) is 0 Å². The molecule has 3 heteroatoms. The Kier molecular flexibility index (Phi) is 3.10. The molecule has 0 atom stereocenters. The molecule has 0 saturated heterocycles. The van der Waals surface area contributed by atoms with Gasteiger partial charge in [-0.2, -0.15) is 0 Å². The van der Waals surface area contributed by atoms with Gasteiger partial charge in [0, 0.05) is 29.0 Å². The van der Waals surface area contributed by atoms with Crippen LogP contribution in [0.3, 0.4) is 0 Å². The molecule has 0 fully saturated rings. The highest BCUT2D eigenvalue weighted by Crippen LogP contribution is 2.22. The van der Waals surface area contributed by atoms with Crippen molar-refractivity contribution in [1.82, 2.24) is 9.97 Å². The van der Waals surface area contributed by atoms with E-state index in [-0.39, 0.29) is 0 Å². The van der Waals surface area contributed by atoms with E-state index in [1.54, 1.807) is 12.3 Å². The van der Waals surface area contributed by atoms with Crippen molar-refractivity contribution >= 4 is 16.7 Å². The molecule has 2 heterocycles. The molecule has 0 bridgehead atoms. The number of rotatable bonds is 3. The van der Waals surface area contributed by atoms with Crippen LogP contribution in [0.4, 0.5) is 0 Å². The summed E-state index contributed by atoms with van der Waals surface area (Å²) in [5.74, 6) is 0. The molecule has 0 aliphatic heterocycles. The van der Waals surface area contributed by atoms with Crippen molar-refractivity contribution in [3.05, 3.63) is 60.5 Å². The molecule has 17 heavy (non-hydrogen) atoms. The van der Waals surface area contributed by atoms with Crippen LogP contribution in [0.1, 0.15) is 12.5 Å². The second kappa shape index (κ2) is 4.70. The van der Waals surface area contributed by atoms with Gasteiger partial charge >= 0.3 is 0 Å². The molecule has 0 spiro atoms. The van der Waals surface area contributed by atoms with Crippen molar-refractivity contribution < 1.29 is 0 Å². The summed E-state index contributed by atoms with van der Waals surface area (Å²) in [6.07, 6.45) is 9.17. The minimum atomic E-state index is 0.759. The van der Waals surface area contributed by atoms with Crippen molar-refractivity contribution in [1.29, 1.82) is 0 Å². The first-order valence-electron chi connectivity index (χ1n) is 5.42. The summed E-state index contributed by atoms with van der Waals surface area (Å²) in [5.41, 5.74) is 9.78. The largest absolute Gasteiger partial charge is 0.398 e. The number of aromatic amines is 1. The van der Waals surface area contributed by atoms with Crippen LogP contribution in [0.25, 0.3) is 16.7 Å². The van der Waals surface area contributed by atoms with Gasteiger partial charge in [0.25, 0.3) is 0 Å². The Bertz CT molecular complexity index is 603. The smallest absolute Gasteiger partial charge is 0.137 e. The molecule has 2 rings (SSSR count). The highest BCUT2D eigenvalue weighted by atomic mass is 14.8. The van der Waals surface area contributed by atoms with Crippen LogP contribution in [0.2, 0.25) is 0 Å². The SMILES string of the molecule is C=C/C=C\C(C)=C(/N)c1ccnc2[nH]ccc12. The second-order valence-corrected chi connectivity index (χ2v) is 3.79. The van der Waals surface area contributed by atoms with Gasteiger partial charge in [-0.3, -0.25) is 0 Å². The lowest BCUT2D eigenvalue weighted by atomic mass is 10.1. The Morgan fingerprint density at radius 2 is 2.29 bits per heavy atom. The average molecular weight is 225 g/mol. The molecule has 2 aromatic heterocycles. The van der Waals surface area contributed by atoms with Crippen LogP contribution in [0.15, 0.2) is 54.9 Å². The molecule has 0 saturated carbocycles. The molecule has 3 N–H and O–H groups in total. The van der Waals surface area contributed by atoms with Crippen molar-refractivity contribution in [3.8, 4) is 0 Å². The fourth-order valence-corrected chi connectivity index (χ4v) is 1.71. The maximum Gasteiger partial charge on any atom is 0.137 e. The van der Waals surface area contributed by atoms with Crippen molar-refractivity contribution in [2.45, 2.75) is 6.92 Å². The lowest BCUT2D eigenvalue weighted by Gasteiger charge is -2.05. The Morgan fingerprint density at radius 3 is 3.06 bits per heavy atom. The first kappa shape index (κ1) is 11.2. The summed E-state index contributed by atoms with van der Waals surface area (Å²) in [5, 5.41) is 1.04. The monoisotopic (exact) mass is 225 g/mol. The van der Waals surface area contributed by atoms with E-state index in [0.29, 0.717) is 0 Å². The van der Waals surface area contributed by atoms with E-state index in [1.807, 2.05) is 37.4 Å². The molecule has 0 aromatic carbocycles. The van der Waals surface area contributed by atoms with Gasteiger partial charge in [-0.15, -0.1) is 0 Å². The topological polar surface area (TPSA) is 54.7 Å². The first-order chi connectivity index (χ1) is 8.24. The van der Waals surface area contributed by atoms with Crippen LogP contribution in [0, 0.1) is 0 Å². The number of H-pyrrole nitrogens is 1. The molecule has 86 valence electrons. The summed E-state index contributed by atoms with van der Waals surface area (Å²) >= 11 is 0. The van der Waals surface area contributed by atoms with Crippen molar-refractivity contribution in [2.75, 3.05) is 0 Å². The predicted molar refractivity (Wildman–Crippen MR) is 72.2 cm³/mol. The van der Waals surface area contributed by atoms with E-state index in [1.165, 1.54) is 0 Å². The molecule has 0 aliphatic rings. The number of pyridine rings is 1. The zero-order chi connectivity index (χ0) is 12.3. The molecule has 0 aliphatic carbocycles. The van der Waals surface area contributed by atoms with Gasteiger partial charge in [0.05, 0.1) is 0 Å². The Balaban J connectivity index is 2.56. The standard InChI is InChI=1S/C14H15N3/c1-3-4-5-10(2)13(15)11-6-8-16-14-12(11)7-9-17-14/h3-9H,1,15H2,2H3,(H,16,17)/b5-4-,13-10-. The molecule has 0 unspecified atom stereocenters. The minimum Gasteiger partial charge on any atom is -0.398 e. The summed E-state index contributed by atoms with van der Waals surface area (Å²) in [6, 6.07) is 3.91. The highest BCUT2D eigenvalue weighted by molar-refractivity contribution is 5.90. The van der Waals surface area contributed by atoms with Gasteiger partial charge in [0.15, 0.2) is 0 Å². The lowest BCUT2D eigenvalue weighted by Crippen LogP contribution is -2.00. The number of hydrogen-bond acceptors (Lipinski definition) is 2. The zero-order valence-corrected chi connectivity index (χ0v) is 9.77. The molecule has 2 aromatic rings. The van der Waals surface area contributed by atoms with Crippen LogP contribution in [0.5, 0.6) is 0 Å². The maximum atomic E-state index is 6.16. The van der Waals surface area contributed by atoms with Crippen molar-refractivity contribution in [2.24, 2.45) is 5.73 Å². The third kappa shape index (κ3) is 2.13. The average Bonchev–Trinajstić information content (AvgIpc) is 2.82. The van der Waals surface area contributed by atoms with Crippen molar-refractivity contribution in [3.63, 3.8) is 0 Å². The highest BCUT2D eigenvalue weighted by Gasteiger charge is 2.06. The third-order valence-electron chi connectivity index (χ3n) is 2.66. The van der Waals surface area contributed by atoms with Gasteiger partial charge in [0.1, 0.15) is 5.65 Å². The van der Waals surface area contributed by atoms with E-state index in [4.69, 9.17) is 5.73 Å².